The molecule has 0 N–H and O–H groups in total. The van der Waals surface area contributed by atoms with Crippen LogP contribution in [-0.4, -0.2) is 61.3 Å². The van der Waals surface area contributed by atoms with Crippen LogP contribution in [0, 0.1) is 0 Å². The number of unbranched alkanes of at least 4 members (excludes halogenated alkanes) is 19. The van der Waals surface area contributed by atoms with Gasteiger partial charge in [0.05, 0.1) is 52.4 Å². The lowest BCUT2D eigenvalue weighted by Crippen LogP contribution is -2.48. The van der Waals surface area contributed by atoms with Crippen LogP contribution in [0.2, 0.25) is 0 Å². The summed E-state index contributed by atoms with van der Waals surface area (Å²) >= 11 is 0. The van der Waals surface area contributed by atoms with E-state index in [4.69, 9.17) is 0 Å². The van der Waals surface area contributed by atoms with Crippen LogP contribution < -0.4 is 0 Å². The monoisotopic (exact) mass is 535 g/mol. The lowest BCUT2D eigenvalue weighted by Gasteiger charge is -2.37. The predicted octanol–water partition coefficient (Wildman–Crippen LogP) is 10.8. The molecule has 2 heteroatoms. The SMILES string of the molecule is CCCCCCCCCCCC[N+]1(CCCC[N+]2(CCCCCCCCCCCC)CCCC2)CCCC1. The quantitative estimate of drug-likeness (QED) is 0.0726. The lowest BCUT2D eigenvalue weighted by atomic mass is 10.1. The lowest BCUT2D eigenvalue weighted by molar-refractivity contribution is -0.923. The third-order valence-corrected chi connectivity index (χ3v) is 10.5. The normalized spacial score (nSPS) is 18.5. The van der Waals surface area contributed by atoms with E-state index in [1.165, 1.54) is 228 Å². The van der Waals surface area contributed by atoms with Gasteiger partial charge in [0.2, 0.25) is 0 Å². The van der Waals surface area contributed by atoms with Gasteiger partial charge in [-0.25, -0.2) is 0 Å². The molecule has 2 aliphatic heterocycles. The molecule has 0 saturated carbocycles. The van der Waals surface area contributed by atoms with Gasteiger partial charge in [0, 0.05) is 38.5 Å². The molecule has 226 valence electrons. The zero-order chi connectivity index (χ0) is 27.0. The van der Waals surface area contributed by atoms with Crippen molar-refractivity contribution >= 4 is 0 Å². The van der Waals surface area contributed by atoms with E-state index in [1.54, 1.807) is 0 Å². The minimum Gasteiger partial charge on any atom is -0.324 e. The maximum Gasteiger partial charge on any atom is 0.0788 e. The largest absolute Gasteiger partial charge is 0.324 e. The van der Waals surface area contributed by atoms with Crippen molar-refractivity contribution in [2.24, 2.45) is 0 Å². The number of nitrogens with zero attached hydrogens (tertiary/aromatic N) is 2. The molecule has 0 amide bonds. The number of hydrogen-bond acceptors (Lipinski definition) is 0. The second kappa shape index (κ2) is 22.6. The molecule has 0 spiro atoms. The third-order valence-electron chi connectivity index (χ3n) is 10.5. The van der Waals surface area contributed by atoms with Crippen molar-refractivity contribution in [3.63, 3.8) is 0 Å². The summed E-state index contributed by atoms with van der Waals surface area (Å²) in [6.07, 6.45) is 38.4. The van der Waals surface area contributed by atoms with Crippen LogP contribution in [0.25, 0.3) is 0 Å². The second-order valence-corrected chi connectivity index (χ2v) is 14.0. The van der Waals surface area contributed by atoms with Crippen molar-refractivity contribution in [1.29, 1.82) is 0 Å². The summed E-state index contributed by atoms with van der Waals surface area (Å²) in [6.45, 7) is 16.6. The van der Waals surface area contributed by atoms with E-state index in [9.17, 15) is 0 Å². The first-order valence-electron chi connectivity index (χ1n) is 18.4. The van der Waals surface area contributed by atoms with Gasteiger partial charge in [0.1, 0.15) is 0 Å². The van der Waals surface area contributed by atoms with Crippen LogP contribution in [0.5, 0.6) is 0 Å². The molecule has 38 heavy (non-hydrogen) atoms. The third kappa shape index (κ3) is 15.6. The molecule has 0 aromatic carbocycles. The van der Waals surface area contributed by atoms with E-state index >= 15 is 0 Å². The smallest absolute Gasteiger partial charge is 0.0788 e. The maximum atomic E-state index is 2.32. The fourth-order valence-electron chi connectivity index (χ4n) is 7.89. The number of rotatable bonds is 27. The average molecular weight is 535 g/mol. The molecule has 0 bridgehead atoms. The highest BCUT2D eigenvalue weighted by atomic mass is 15.4. The Kier molecular flexibility index (Phi) is 20.3. The molecule has 0 radical (unpaired) electrons. The minimum atomic E-state index is 1.37. The van der Waals surface area contributed by atoms with Gasteiger partial charge >= 0.3 is 0 Å². The Balaban J connectivity index is 1.53. The van der Waals surface area contributed by atoms with E-state index in [0.717, 1.165) is 0 Å². The van der Waals surface area contributed by atoms with E-state index in [1.807, 2.05) is 0 Å². The predicted molar refractivity (Wildman–Crippen MR) is 171 cm³/mol. The number of hydrogen-bond donors (Lipinski definition) is 0. The second-order valence-electron chi connectivity index (χ2n) is 14.0. The Morgan fingerprint density at radius 2 is 0.500 bits per heavy atom. The van der Waals surface area contributed by atoms with Crippen molar-refractivity contribution in [2.45, 2.75) is 181 Å². The summed E-state index contributed by atoms with van der Waals surface area (Å²) in [5.41, 5.74) is 0. The first kappa shape index (κ1) is 34.1. The molecule has 2 aliphatic rings. The van der Waals surface area contributed by atoms with Crippen LogP contribution >= 0.6 is 0 Å². The molecule has 0 aliphatic carbocycles. The maximum absolute atomic E-state index is 2.32. The average Bonchev–Trinajstić information content (AvgIpc) is 3.60. The summed E-state index contributed by atoms with van der Waals surface area (Å²) < 4.78 is 2.99. The van der Waals surface area contributed by atoms with Crippen molar-refractivity contribution in [3.05, 3.63) is 0 Å². The molecule has 0 aromatic heterocycles. The van der Waals surface area contributed by atoms with Crippen LogP contribution in [0.4, 0.5) is 0 Å². The van der Waals surface area contributed by atoms with Crippen LogP contribution in [-0.2, 0) is 0 Å². The van der Waals surface area contributed by atoms with E-state index in [2.05, 4.69) is 13.8 Å². The standard InChI is InChI=1S/C36H74N2/c1-3-5-7-9-11-13-15-17-19-21-29-37(31-23-24-32-37)35-27-28-36-38(33-25-26-34-38)30-22-20-18-16-14-12-10-8-6-4-2/h3-36H2,1-2H3/q+2. The number of quaternary nitrogens is 2. The Morgan fingerprint density at radius 3 is 0.763 bits per heavy atom. The van der Waals surface area contributed by atoms with Gasteiger partial charge in [0.25, 0.3) is 0 Å². The summed E-state index contributed by atoms with van der Waals surface area (Å²) in [7, 11) is 0. The van der Waals surface area contributed by atoms with Gasteiger partial charge < -0.3 is 8.97 Å². The van der Waals surface area contributed by atoms with Crippen LogP contribution in [0.1, 0.15) is 181 Å². The highest BCUT2D eigenvalue weighted by Gasteiger charge is 2.33. The first-order valence-corrected chi connectivity index (χ1v) is 18.4. The molecule has 0 unspecified atom stereocenters. The Morgan fingerprint density at radius 1 is 0.289 bits per heavy atom. The fraction of sp³-hybridized carbons (Fsp3) is 1.00. The van der Waals surface area contributed by atoms with Crippen molar-refractivity contribution in [3.8, 4) is 0 Å². The van der Waals surface area contributed by atoms with Crippen LogP contribution in [0.3, 0.4) is 0 Å². The van der Waals surface area contributed by atoms with Crippen LogP contribution in [0.15, 0.2) is 0 Å². The highest BCUT2D eigenvalue weighted by Crippen LogP contribution is 2.25. The zero-order valence-corrected chi connectivity index (χ0v) is 26.9. The topological polar surface area (TPSA) is 0 Å². The Hall–Kier alpha value is -0.0800. The molecular formula is C36H74N2+2. The molecular weight excluding hydrogens is 460 g/mol. The Labute approximate surface area is 241 Å². The highest BCUT2D eigenvalue weighted by molar-refractivity contribution is 4.60. The van der Waals surface area contributed by atoms with Gasteiger partial charge in [-0.1, -0.05) is 117 Å². The molecule has 2 heterocycles. The van der Waals surface area contributed by atoms with Crippen molar-refractivity contribution in [2.75, 3.05) is 52.4 Å². The molecule has 2 saturated heterocycles. The first-order chi connectivity index (χ1) is 18.7. The van der Waals surface area contributed by atoms with E-state index in [0.29, 0.717) is 0 Å². The van der Waals surface area contributed by atoms with E-state index < -0.39 is 0 Å². The molecule has 2 fully saturated rings. The van der Waals surface area contributed by atoms with Gasteiger partial charge in [-0.2, -0.15) is 0 Å². The molecule has 2 rings (SSSR count). The van der Waals surface area contributed by atoms with Crippen molar-refractivity contribution < 1.29 is 8.97 Å². The fourth-order valence-corrected chi connectivity index (χ4v) is 7.89. The zero-order valence-electron chi connectivity index (χ0n) is 26.9. The van der Waals surface area contributed by atoms with Gasteiger partial charge in [-0.3, -0.25) is 0 Å². The van der Waals surface area contributed by atoms with E-state index in [-0.39, 0.29) is 0 Å². The number of likely N-dealkylation sites (tertiary alicyclic amines) is 2. The molecule has 0 aromatic rings. The minimum absolute atomic E-state index is 1.37. The molecule has 2 nitrogen and oxygen atoms in total. The van der Waals surface area contributed by atoms with Gasteiger partial charge in [-0.15, -0.1) is 0 Å². The summed E-state index contributed by atoms with van der Waals surface area (Å²) in [6, 6.07) is 0. The summed E-state index contributed by atoms with van der Waals surface area (Å²) in [5, 5.41) is 0. The van der Waals surface area contributed by atoms with Gasteiger partial charge in [0.15, 0.2) is 0 Å². The van der Waals surface area contributed by atoms with Gasteiger partial charge in [-0.05, 0) is 25.7 Å². The molecule has 0 atom stereocenters. The van der Waals surface area contributed by atoms with Crippen molar-refractivity contribution in [1.82, 2.24) is 0 Å². The Bertz CT molecular complexity index is 457. The summed E-state index contributed by atoms with van der Waals surface area (Å²) in [5.74, 6) is 0. The summed E-state index contributed by atoms with van der Waals surface area (Å²) in [4.78, 5) is 0.